The van der Waals surface area contributed by atoms with Gasteiger partial charge in [0, 0.05) is 38.2 Å². The molecule has 2 amide bonds. The van der Waals surface area contributed by atoms with Gasteiger partial charge in [-0.15, -0.1) is 0 Å². The summed E-state index contributed by atoms with van der Waals surface area (Å²) in [6.07, 6.45) is 2.63. The van der Waals surface area contributed by atoms with Gasteiger partial charge < -0.3 is 14.2 Å². The van der Waals surface area contributed by atoms with Gasteiger partial charge in [0.25, 0.3) is 11.6 Å². The van der Waals surface area contributed by atoms with Crippen LogP contribution in [0.5, 0.6) is 0 Å². The first-order valence-corrected chi connectivity index (χ1v) is 9.22. The van der Waals surface area contributed by atoms with Crippen LogP contribution in [0.3, 0.4) is 0 Å². The maximum Gasteiger partial charge on any atom is 0.289 e. The van der Waals surface area contributed by atoms with Crippen molar-refractivity contribution >= 4 is 17.5 Å². The van der Waals surface area contributed by atoms with Crippen molar-refractivity contribution in [3.05, 3.63) is 64.1 Å². The fourth-order valence-corrected chi connectivity index (χ4v) is 3.49. The Bertz CT molecular complexity index is 856. The maximum atomic E-state index is 12.9. The molecule has 0 saturated carbocycles. The number of carbonyl (C=O) groups excluding carboxylic acids is 2. The molecule has 1 aromatic heterocycles. The number of carbonyl (C=O) groups is 2. The fraction of sp³-hybridized carbons (Fsp3) is 0.400. The summed E-state index contributed by atoms with van der Waals surface area (Å²) < 4.78 is 5.15. The molecule has 148 valence electrons. The van der Waals surface area contributed by atoms with Crippen LogP contribution in [0.1, 0.15) is 41.9 Å². The summed E-state index contributed by atoms with van der Waals surface area (Å²) in [6, 6.07) is 9.37. The van der Waals surface area contributed by atoms with Crippen LogP contribution < -0.4 is 0 Å². The van der Waals surface area contributed by atoms with Crippen molar-refractivity contribution in [1.29, 1.82) is 0 Å². The predicted octanol–water partition coefficient (Wildman–Crippen LogP) is 3.26. The van der Waals surface area contributed by atoms with E-state index in [0.717, 1.165) is 5.56 Å². The highest BCUT2D eigenvalue weighted by atomic mass is 16.6. The molecule has 1 aliphatic rings. The molecule has 1 aliphatic heterocycles. The van der Waals surface area contributed by atoms with Crippen molar-refractivity contribution in [1.82, 2.24) is 9.80 Å². The van der Waals surface area contributed by atoms with Crippen molar-refractivity contribution in [3.8, 4) is 0 Å². The number of hydrogen-bond acceptors (Lipinski definition) is 5. The molecular weight excluding hydrogens is 362 g/mol. The Morgan fingerprint density at radius 3 is 2.57 bits per heavy atom. The molecule has 8 heteroatoms. The Hall–Kier alpha value is -3.16. The van der Waals surface area contributed by atoms with E-state index < -0.39 is 4.92 Å². The normalized spacial score (nSPS) is 15.9. The van der Waals surface area contributed by atoms with Crippen LogP contribution >= 0.6 is 0 Å². The number of hydrogen-bond donors (Lipinski definition) is 0. The average Bonchev–Trinajstić information content (AvgIpc) is 3.26. The minimum absolute atomic E-state index is 0.00921. The molecular formula is C20H23N3O5. The van der Waals surface area contributed by atoms with Crippen LogP contribution in [0.2, 0.25) is 0 Å². The van der Waals surface area contributed by atoms with E-state index in [9.17, 15) is 19.7 Å². The fourth-order valence-electron chi connectivity index (χ4n) is 3.49. The summed E-state index contributed by atoms with van der Waals surface area (Å²) in [7, 11) is 1.71. The van der Waals surface area contributed by atoms with Crippen LogP contribution in [0.4, 0.5) is 5.69 Å². The lowest BCUT2D eigenvalue weighted by Crippen LogP contribution is -2.44. The second kappa shape index (κ2) is 8.24. The average molecular weight is 385 g/mol. The molecule has 2 heterocycles. The number of furan rings is 1. The van der Waals surface area contributed by atoms with E-state index in [1.54, 1.807) is 41.1 Å². The van der Waals surface area contributed by atoms with Gasteiger partial charge in [-0.3, -0.25) is 19.7 Å². The van der Waals surface area contributed by atoms with Crippen LogP contribution in [0, 0.1) is 16.0 Å². The number of amides is 2. The second-order valence-corrected chi connectivity index (χ2v) is 7.02. The van der Waals surface area contributed by atoms with Crippen molar-refractivity contribution in [2.45, 2.75) is 25.8 Å². The molecule has 3 rings (SSSR count). The van der Waals surface area contributed by atoms with Gasteiger partial charge in [-0.25, -0.2) is 0 Å². The van der Waals surface area contributed by atoms with Crippen molar-refractivity contribution in [2.24, 2.45) is 5.92 Å². The maximum absolute atomic E-state index is 12.9. The zero-order valence-corrected chi connectivity index (χ0v) is 15.9. The lowest BCUT2D eigenvalue weighted by Gasteiger charge is -2.34. The molecule has 8 nitrogen and oxygen atoms in total. The lowest BCUT2D eigenvalue weighted by molar-refractivity contribution is -0.384. The first-order chi connectivity index (χ1) is 13.4. The topological polar surface area (TPSA) is 96.9 Å². The number of benzene rings is 1. The molecule has 1 fully saturated rings. The Morgan fingerprint density at radius 1 is 1.25 bits per heavy atom. The SMILES string of the molecule is C[C@@H](c1cccc([N+](=O)[O-])c1)N(C)C(=O)C1CCN(C(=O)c2ccco2)CC1. The van der Waals surface area contributed by atoms with Crippen molar-refractivity contribution < 1.29 is 18.9 Å². The molecule has 28 heavy (non-hydrogen) atoms. The van der Waals surface area contributed by atoms with Gasteiger partial charge in [-0.2, -0.15) is 0 Å². The minimum atomic E-state index is -0.441. The number of nitro groups is 1. The highest BCUT2D eigenvalue weighted by Gasteiger charge is 2.32. The third-order valence-electron chi connectivity index (χ3n) is 5.36. The molecule has 0 aliphatic carbocycles. The van der Waals surface area contributed by atoms with Crippen LogP contribution in [-0.4, -0.2) is 46.7 Å². The minimum Gasteiger partial charge on any atom is -0.459 e. The predicted molar refractivity (Wildman–Crippen MR) is 102 cm³/mol. The highest BCUT2D eigenvalue weighted by Crippen LogP contribution is 2.27. The second-order valence-electron chi connectivity index (χ2n) is 7.02. The van der Waals surface area contributed by atoms with Crippen molar-refractivity contribution in [2.75, 3.05) is 20.1 Å². The number of non-ortho nitro benzene ring substituents is 1. The Kier molecular flexibility index (Phi) is 5.77. The summed E-state index contributed by atoms with van der Waals surface area (Å²) in [5, 5.41) is 11.0. The molecule has 0 bridgehead atoms. The zero-order valence-electron chi connectivity index (χ0n) is 15.9. The van der Waals surface area contributed by atoms with Crippen LogP contribution in [-0.2, 0) is 4.79 Å². The van der Waals surface area contributed by atoms with E-state index >= 15 is 0 Å². The van der Waals surface area contributed by atoms with Crippen LogP contribution in [0.15, 0.2) is 47.1 Å². The molecule has 1 atom stereocenters. The standard InChI is InChI=1S/C20H23N3O5/c1-14(16-5-3-6-17(13-16)23(26)27)21(2)19(24)15-8-10-22(11-9-15)20(25)18-7-4-12-28-18/h3-7,12-15H,8-11H2,1-2H3/t14-/m0/s1. The number of rotatable bonds is 5. The smallest absolute Gasteiger partial charge is 0.289 e. The van der Waals surface area contributed by atoms with Gasteiger partial charge in [0.05, 0.1) is 17.2 Å². The first-order valence-electron chi connectivity index (χ1n) is 9.22. The monoisotopic (exact) mass is 385 g/mol. The van der Waals surface area contributed by atoms with Gasteiger partial charge in [-0.05, 0) is 37.5 Å². The summed E-state index contributed by atoms with van der Waals surface area (Å²) in [6.45, 7) is 2.84. The molecule has 1 saturated heterocycles. The first kappa shape index (κ1) is 19.6. The van der Waals surface area contributed by atoms with Crippen molar-refractivity contribution in [3.63, 3.8) is 0 Å². The molecule has 0 N–H and O–H groups in total. The number of piperidine rings is 1. The van der Waals surface area contributed by atoms with Gasteiger partial charge in [0.15, 0.2) is 5.76 Å². The zero-order chi connectivity index (χ0) is 20.3. The van der Waals surface area contributed by atoms with E-state index in [1.807, 2.05) is 6.92 Å². The molecule has 0 radical (unpaired) electrons. The largest absolute Gasteiger partial charge is 0.459 e. The summed E-state index contributed by atoms with van der Waals surface area (Å²) in [4.78, 5) is 39.1. The molecule has 0 unspecified atom stereocenters. The van der Waals surface area contributed by atoms with Crippen LogP contribution in [0.25, 0.3) is 0 Å². The third-order valence-corrected chi connectivity index (χ3v) is 5.36. The third kappa shape index (κ3) is 4.05. The Labute approximate surface area is 162 Å². The lowest BCUT2D eigenvalue weighted by atomic mass is 9.94. The quantitative estimate of drug-likeness (QED) is 0.581. The molecule has 2 aromatic rings. The molecule has 0 spiro atoms. The number of likely N-dealkylation sites (tertiary alicyclic amines) is 1. The molecule has 1 aromatic carbocycles. The Balaban J connectivity index is 1.60. The van der Waals surface area contributed by atoms with E-state index in [0.29, 0.717) is 31.7 Å². The number of nitrogens with zero attached hydrogens (tertiary/aromatic N) is 3. The summed E-state index contributed by atoms with van der Waals surface area (Å²) in [5.41, 5.74) is 0.727. The summed E-state index contributed by atoms with van der Waals surface area (Å²) in [5.74, 6) is -0.0358. The number of nitro benzene ring substituents is 1. The van der Waals surface area contributed by atoms with E-state index in [-0.39, 0.29) is 29.5 Å². The highest BCUT2D eigenvalue weighted by molar-refractivity contribution is 5.91. The van der Waals surface area contributed by atoms with Gasteiger partial charge in [-0.1, -0.05) is 12.1 Å². The van der Waals surface area contributed by atoms with Gasteiger partial charge >= 0.3 is 0 Å². The Morgan fingerprint density at radius 2 is 1.96 bits per heavy atom. The van der Waals surface area contributed by atoms with Gasteiger partial charge in [0.2, 0.25) is 5.91 Å². The van der Waals surface area contributed by atoms with E-state index in [1.165, 1.54) is 18.4 Å². The van der Waals surface area contributed by atoms with E-state index in [2.05, 4.69) is 0 Å². The van der Waals surface area contributed by atoms with E-state index in [4.69, 9.17) is 4.42 Å². The summed E-state index contributed by atoms with van der Waals surface area (Å²) >= 11 is 0. The van der Waals surface area contributed by atoms with Gasteiger partial charge in [0.1, 0.15) is 0 Å².